The molecule has 6 heteroatoms. The molecule has 1 N–H and O–H groups in total. The van der Waals surface area contributed by atoms with Gasteiger partial charge in [-0.25, -0.2) is 4.98 Å². The molecule has 0 aliphatic carbocycles. The van der Waals surface area contributed by atoms with E-state index in [0.717, 1.165) is 34.6 Å². The van der Waals surface area contributed by atoms with Gasteiger partial charge in [-0.15, -0.1) is 11.3 Å². The average Bonchev–Trinajstić information content (AvgIpc) is 3.27. The predicted molar refractivity (Wildman–Crippen MR) is 137 cm³/mol. The van der Waals surface area contributed by atoms with Gasteiger partial charge in [0, 0.05) is 17.0 Å². The van der Waals surface area contributed by atoms with Crippen molar-refractivity contribution < 1.29 is 14.3 Å². The molecule has 174 valence electrons. The first-order valence-corrected chi connectivity index (χ1v) is 12.2. The standard InChI is InChI=1S/C27H32N2O3S/c1-5-6-7-8-15-32-24-13-11-21(17-25(24)31-4)12-14-26(30)29-27-28-23(18-33-27)22-16-19(2)9-10-20(22)3/h9-14,16-18H,5-8,15H2,1-4H3,(H,28,29,30). The molecule has 0 aliphatic heterocycles. The van der Waals surface area contributed by atoms with Crippen LogP contribution in [0.5, 0.6) is 11.5 Å². The smallest absolute Gasteiger partial charge is 0.250 e. The summed E-state index contributed by atoms with van der Waals surface area (Å²) in [5.74, 6) is 1.15. The third-order valence-electron chi connectivity index (χ3n) is 5.27. The van der Waals surface area contributed by atoms with E-state index in [9.17, 15) is 4.79 Å². The molecule has 0 spiro atoms. The number of aromatic nitrogens is 1. The number of nitrogens with one attached hydrogen (secondary N) is 1. The van der Waals surface area contributed by atoms with Crippen molar-refractivity contribution in [1.82, 2.24) is 4.98 Å². The van der Waals surface area contributed by atoms with E-state index in [-0.39, 0.29) is 5.91 Å². The number of nitrogens with zero attached hydrogens (tertiary/aromatic N) is 1. The first-order valence-electron chi connectivity index (χ1n) is 11.3. The van der Waals surface area contributed by atoms with Crippen LogP contribution < -0.4 is 14.8 Å². The molecule has 3 rings (SSSR count). The van der Waals surface area contributed by atoms with Gasteiger partial charge in [-0.3, -0.25) is 10.1 Å². The normalized spacial score (nSPS) is 11.0. The van der Waals surface area contributed by atoms with Crippen LogP contribution in [0.3, 0.4) is 0 Å². The van der Waals surface area contributed by atoms with Crippen molar-refractivity contribution in [3.63, 3.8) is 0 Å². The fraction of sp³-hybridized carbons (Fsp3) is 0.333. The minimum Gasteiger partial charge on any atom is -0.493 e. The lowest BCUT2D eigenvalue weighted by Gasteiger charge is -2.11. The van der Waals surface area contributed by atoms with E-state index < -0.39 is 0 Å². The van der Waals surface area contributed by atoms with Crippen LogP contribution in [-0.4, -0.2) is 24.6 Å². The summed E-state index contributed by atoms with van der Waals surface area (Å²) in [4.78, 5) is 17.0. The molecule has 0 aliphatic rings. The topological polar surface area (TPSA) is 60.5 Å². The van der Waals surface area contributed by atoms with Gasteiger partial charge >= 0.3 is 0 Å². The molecule has 3 aromatic rings. The number of hydrogen-bond donors (Lipinski definition) is 1. The minimum atomic E-state index is -0.230. The molecule has 0 saturated carbocycles. The van der Waals surface area contributed by atoms with Gasteiger partial charge < -0.3 is 9.47 Å². The number of anilines is 1. The Morgan fingerprint density at radius 1 is 1.09 bits per heavy atom. The van der Waals surface area contributed by atoms with Crippen LogP contribution in [0.4, 0.5) is 5.13 Å². The van der Waals surface area contributed by atoms with Crippen LogP contribution in [0.1, 0.15) is 49.3 Å². The Hall–Kier alpha value is -3.12. The number of ether oxygens (including phenoxy) is 2. The molecule has 0 fully saturated rings. The lowest BCUT2D eigenvalue weighted by Crippen LogP contribution is -2.07. The van der Waals surface area contributed by atoms with Crippen molar-refractivity contribution in [3.8, 4) is 22.8 Å². The summed E-state index contributed by atoms with van der Waals surface area (Å²) in [6.07, 6.45) is 7.87. The number of unbranched alkanes of at least 4 members (excludes halogenated alkanes) is 3. The fourth-order valence-electron chi connectivity index (χ4n) is 3.40. The van der Waals surface area contributed by atoms with E-state index in [1.807, 2.05) is 23.6 Å². The van der Waals surface area contributed by atoms with Crippen molar-refractivity contribution in [2.45, 2.75) is 46.5 Å². The van der Waals surface area contributed by atoms with Gasteiger partial charge in [0.15, 0.2) is 16.6 Å². The Bertz CT molecular complexity index is 1100. The molecule has 0 saturated heterocycles. The third-order valence-corrected chi connectivity index (χ3v) is 6.03. The summed E-state index contributed by atoms with van der Waals surface area (Å²) in [7, 11) is 1.62. The monoisotopic (exact) mass is 464 g/mol. The first-order chi connectivity index (χ1) is 16.0. The highest BCUT2D eigenvalue weighted by Gasteiger charge is 2.09. The molecule has 0 unspecified atom stereocenters. The maximum Gasteiger partial charge on any atom is 0.250 e. The van der Waals surface area contributed by atoms with E-state index in [0.29, 0.717) is 17.5 Å². The van der Waals surface area contributed by atoms with Gasteiger partial charge in [0.1, 0.15) is 0 Å². The number of carbonyl (C=O) groups excluding carboxylic acids is 1. The number of methoxy groups -OCH3 is 1. The quantitative estimate of drug-likeness (QED) is 0.244. The highest BCUT2D eigenvalue weighted by Crippen LogP contribution is 2.30. The Labute approximate surface area is 200 Å². The van der Waals surface area contributed by atoms with Gasteiger partial charge in [-0.1, -0.05) is 49.9 Å². The zero-order valence-electron chi connectivity index (χ0n) is 19.8. The molecular formula is C27H32N2O3S. The zero-order valence-corrected chi connectivity index (χ0v) is 20.6. The molecule has 1 aromatic heterocycles. The van der Waals surface area contributed by atoms with Crippen molar-refractivity contribution in [2.24, 2.45) is 0 Å². The van der Waals surface area contributed by atoms with Gasteiger partial charge in [0.25, 0.3) is 0 Å². The molecule has 0 radical (unpaired) electrons. The summed E-state index contributed by atoms with van der Waals surface area (Å²) in [6, 6.07) is 11.9. The lowest BCUT2D eigenvalue weighted by molar-refractivity contribution is -0.111. The Morgan fingerprint density at radius 3 is 2.73 bits per heavy atom. The van der Waals surface area contributed by atoms with Crippen LogP contribution in [0.15, 0.2) is 47.9 Å². The lowest BCUT2D eigenvalue weighted by atomic mass is 10.0. The van der Waals surface area contributed by atoms with Gasteiger partial charge in [0.2, 0.25) is 5.91 Å². The second-order valence-corrected chi connectivity index (χ2v) is 8.86. The second-order valence-electron chi connectivity index (χ2n) is 8.00. The Balaban J connectivity index is 1.59. The van der Waals surface area contributed by atoms with E-state index >= 15 is 0 Å². The average molecular weight is 465 g/mol. The van der Waals surface area contributed by atoms with Crippen LogP contribution >= 0.6 is 11.3 Å². The van der Waals surface area contributed by atoms with Crippen LogP contribution in [0, 0.1) is 13.8 Å². The van der Waals surface area contributed by atoms with Gasteiger partial charge in [-0.2, -0.15) is 0 Å². The number of amides is 1. The Kier molecular flexibility index (Phi) is 9.07. The molecule has 33 heavy (non-hydrogen) atoms. The highest BCUT2D eigenvalue weighted by atomic mass is 32.1. The maximum atomic E-state index is 12.4. The SMILES string of the molecule is CCCCCCOc1ccc(C=CC(=O)Nc2nc(-c3cc(C)ccc3C)cs2)cc1OC. The number of carbonyl (C=O) groups is 1. The molecule has 5 nitrogen and oxygen atoms in total. The first kappa shape index (κ1) is 24.5. The molecular weight excluding hydrogens is 432 g/mol. The van der Waals surface area contributed by atoms with E-state index in [4.69, 9.17) is 9.47 Å². The van der Waals surface area contributed by atoms with E-state index in [1.54, 1.807) is 13.2 Å². The second kappa shape index (κ2) is 12.2. The summed E-state index contributed by atoms with van der Waals surface area (Å²) < 4.78 is 11.3. The molecule has 1 heterocycles. The number of aryl methyl sites for hydroxylation is 2. The summed E-state index contributed by atoms with van der Waals surface area (Å²) in [5.41, 5.74) is 5.15. The highest BCUT2D eigenvalue weighted by molar-refractivity contribution is 7.14. The van der Waals surface area contributed by atoms with Crippen molar-refractivity contribution in [3.05, 3.63) is 64.5 Å². The minimum absolute atomic E-state index is 0.230. The van der Waals surface area contributed by atoms with Crippen molar-refractivity contribution >= 4 is 28.5 Å². The zero-order chi connectivity index (χ0) is 23.6. The van der Waals surface area contributed by atoms with Crippen LogP contribution in [-0.2, 0) is 4.79 Å². The fourth-order valence-corrected chi connectivity index (χ4v) is 4.12. The van der Waals surface area contributed by atoms with E-state index in [2.05, 4.69) is 49.3 Å². The number of rotatable bonds is 11. The van der Waals surface area contributed by atoms with Gasteiger partial charge in [-0.05, 0) is 55.7 Å². The van der Waals surface area contributed by atoms with Crippen molar-refractivity contribution in [1.29, 1.82) is 0 Å². The largest absolute Gasteiger partial charge is 0.493 e. The molecule has 1 amide bonds. The third kappa shape index (κ3) is 7.19. The molecule has 0 atom stereocenters. The molecule has 2 aromatic carbocycles. The Morgan fingerprint density at radius 2 is 1.94 bits per heavy atom. The number of benzene rings is 2. The van der Waals surface area contributed by atoms with Crippen LogP contribution in [0.25, 0.3) is 17.3 Å². The molecule has 0 bridgehead atoms. The summed E-state index contributed by atoms with van der Waals surface area (Å²) in [5, 5.41) is 5.39. The predicted octanol–water partition coefficient (Wildman–Crippen LogP) is 7.05. The number of thiazole rings is 1. The number of hydrogen-bond acceptors (Lipinski definition) is 5. The maximum absolute atomic E-state index is 12.4. The summed E-state index contributed by atoms with van der Waals surface area (Å²) >= 11 is 1.42. The van der Waals surface area contributed by atoms with E-state index in [1.165, 1.54) is 42.2 Å². The van der Waals surface area contributed by atoms with Crippen LogP contribution in [0.2, 0.25) is 0 Å². The van der Waals surface area contributed by atoms with Crippen molar-refractivity contribution in [2.75, 3.05) is 19.0 Å². The summed E-state index contributed by atoms with van der Waals surface area (Å²) in [6.45, 7) is 6.99. The van der Waals surface area contributed by atoms with Gasteiger partial charge in [0.05, 0.1) is 19.4 Å².